The summed E-state index contributed by atoms with van der Waals surface area (Å²) in [5, 5.41) is 0. The number of rotatable bonds is 6. The predicted octanol–water partition coefficient (Wildman–Crippen LogP) is 13.2. The molecule has 0 spiro atoms. The Labute approximate surface area is 304 Å². The average Bonchev–Trinajstić information content (AvgIpc) is 3.55. The fraction of sp³-hybridized carbons (Fsp3) is 0.452. The maximum atomic E-state index is 5.67. The van der Waals surface area contributed by atoms with Gasteiger partial charge in [0.1, 0.15) is 5.82 Å². The molecule has 3 aliphatic carbocycles. The normalized spacial score (nSPS) is 20.9. The monoisotopic (exact) mass is 788 g/mol. The third kappa shape index (κ3) is 8.93. The van der Waals surface area contributed by atoms with Gasteiger partial charge < -0.3 is 9.80 Å². The molecule has 258 valence electrons. The summed E-state index contributed by atoms with van der Waals surface area (Å²) in [6.07, 6.45) is 25.0. The van der Waals surface area contributed by atoms with Crippen molar-refractivity contribution >= 4 is 43.3 Å². The second-order valence-electron chi connectivity index (χ2n) is 14.0. The Hall–Kier alpha value is -1.76. The van der Waals surface area contributed by atoms with Gasteiger partial charge in [0.2, 0.25) is 0 Å². The van der Waals surface area contributed by atoms with Crippen molar-refractivity contribution in [1.29, 1.82) is 0 Å². The van der Waals surface area contributed by atoms with Crippen molar-refractivity contribution in [3.8, 4) is 0 Å². The van der Waals surface area contributed by atoms with Gasteiger partial charge in [-0.2, -0.15) is 0 Å². The summed E-state index contributed by atoms with van der Waals surface area (Å²) in [5.41, 5.74) is 11.1. The first-order valence-corrected chi connectivity index (χ1v) is 25.3. The van der Waals surface area contributed by atoms with Crippen LogP contribution in [0, 0.1) is 13.8 Å². The van der Waals surface area contributed by atoms with Crippen LogP contribution in [0.15, 0.2) is 103 Å². The van der Waals surface area contributed by atoms with E-state index in [2.05, 4.69) is 84.6 Å². The third-order valence-electron chi connectivity index (χ3n) is 10.8. The van der Waals surface area contributed by atoms with Gasteiger partial charge >= 0.3 is 73.4 Å². The van der Waals surface area contributed by atoms with Gasteiger partial charge in [-0.3, -0.25) is 0 Å². The predicted molar refractivity (Wildman–Crippen MR) is 210 cm³/mol. The minimum absolute atomic E-state index is 0.000794. The first-order chi connectivity index (χ1) is 23.5. The van der Waals surface area contributed by atoms with Crippen molar-refractivity contribution in [3.05, 3.63) is 119 Å². The standard InChI is InChI=1S/C35H47N2P.C7H6.2ClH.Ru/c1-27-15-9-12-22-32(27)36-25-26-37(33-23-13-10-16-28(33)2)35(36)31-21-11-14-24-34(31)38(29-17-5-3-6-18-29)30-19-7-4-8-20-30;1-7-5-3-2-4-6-7;;;/h9-10,12-13,15-16,22-23,25-26,29-30,34H,3-8,11,14,17-21,24H2,1-2H3;1-6H;2*1H;/q;;;;+2/p-2. The van der Waals surface area contributed by atoms with E-state index in [4.69, 9.17) is 19.4 Å². The number of allylic oxidation sites excluding steroid dienone is 1. The average molecular weight is 789 g/mol. The summed E-state index contributed by atoms with van der Waals surface area (Å²) in [6.45, 7) is 4.55. The molecule has 3 aromatic rings. The molecule has 6 heteroatoms. The number of halogens is 2. The molecule has 4 aliphatic rings. The van der Waals surface area contributed by atoms with E-state index in [1.807, 2.05) is 34.9 Å². The molecule has 0 saturated heterocycles. The summed E-state index contributed by atoms with van der Waals surface area (Å²) >= 11 is -1.61. The molecule has 3 aromatic carbocycles. The van der Waals surface area contributed by atoms with Crippen LogP contribution in [0.1, 0.15) is 107 Å². The van der Waals surface area contributed by atoms with Crippen molar-refractivity contribution in [3.63, 3.8) is 0 Å². The Bertz CT molecular complexity index is 1500. The van der Waals surface area contributed by atoms with Gasteiger partial charge in [0.15, 0.2) is 0 Å². The summed E-state index contributed by atoms with van der Waals surface area (Å²) in [7, 11) is 11.3. The SMILES string of the molecule is Cc1ccccc1N1C=CN(c2ccccc2C)C1=C1CCCCC1P(C1CCCCC1)C1CCCCC1.[Cl][Ru]([Cl])=[CH]c1ccccc1. The maximum absolute atomic E-state index is 5.67. The molecular weight excluding hydrogens is 735 g/mol. The molecule has 1 atom stereocenters. The zero-order chi connectivity index (χ0) is 33.3. The van der Waals surface area contributed by atoms with Crippen molar-refractivity contribution < 1.29 is 13.5 Å². The van der Waals surface area contributed by atoms with Crippen LogP contribution >= 0.6 is 27.3 Å². The van der Waals surface area contributed by atoms with Crippen LogP contribution in [0.5, 0.6) is 0 Å². The second-order valence-corrected chi connectivity index (χ2v) is 22.7. The molecule has 1 unspecified atom stereocenters. The number of nitrogens with zero attached hydrogens (tertiary/aromatic N) is 2. The summed E-state index contributed by atoms with van der Waals surface area (Å²) < 4.78 is 1.92. The summed E-state index contributed by atoms with van der Waals surface area (Å²) in [4.78, 5) is 5.12. The van der Waals surface area contributed by atoms with Crippen LogP contribution in [0.25, 0.3) is 0 Å². The van der Waals surface area contributed by atoms with E-state index in [-0.39, 0.29) is 7.92 Å². The van der Waals surface area contributed by atoms with Crippen LogP contribution < -0.4 is 9.80 Å². The van der Waals surface area contributed by atoms with Crippen molar-refractivity contribution in [1.82, 2.24) is 0 Å². The molecule has 1 aliphatic heterocycles. The minimum atomic E-state index is -1.61. The quantitative estimate of drug-likeness (QED) is 0.181. The fourth-order valence-corrected chi connectivity index (χ4v) is 15.0. The Morgan fingerprint density at radius 1 is 0.604 bits per heavy atom. The van der Waals surface area contributed by atoms with Crippen LogP contribution in [0.2, 0.25) is 0 Å². The molecule has 48 heavy (non-hydrogen) atoms. The van der Waals surface area contributed by atoms with Crippen LogP contribution in [-0.2, 0) is 13.5 Å². The van der Waals surface area contributed by atoms with E-state index in [0.29, 0.717) is 0 Å². The van der Waals surface area contributed by atoms with Crippen molar-refractivity contribution in [2.45, 2.75) is 121 Å². The number of hydrogen-bond donors (Lipinski definition) is 0. The van der Waals surface area contributed by atoms with Gasteiger partial charge in [-0.25, -0.2) is 0 Å². The first-order valence-electron chi connectivity index (χ1n) is 18.3. The number of para-hydroxylation sites is 2. The second kappa shape index (κ2) is 17.9. The van der Waals surface area contributed by atoms with Gasteiger partial charge in [-0.15, -0.1) is 0 Å². The topological polar surface area (TPSA) is 6.48 Å². The molecule has 0 aromatic heterocycles. The van der Waals surface area contributed by atoms with Crippen molar-refractivity contribution in [2.75, 3.05) is 9.80 Å². The van der Waals surface area contributed by atoms with E-state index < -0.39 is 13.5 Å². The molecule has 0 N–H and O–H groups in total. The van der Waals surface area contributed by atoms with Crippen LogP contribution in [-0.4, -0.2) is 21.6 Å². The first kappa shape index (κ1) is 36.0. The van der Waals surface area contributed by atoms with Gasteiger partial charge in [0, 0.05) is 29.4 Å². The summed E-state index contributed by atoms with van der Waals surface area (Å²) in [6, 6.07) is 27.9. The van der Waals surface area contributed by atoms with Crippen LogP contribution in [0.4, 0.5) is 11.4 Å². The molecular formula is C42H53Cl2N2PRu. The summed E-state index contributed by atoms with van der Waals surface area (Å²) in [5.74, 6) is 1.47. The zero-order valence-corrected chi connectivity index (χ0v) is 33.0. The number of aryl methyl sites for hydroxylation is 2. The Morgan fingerprint density at radius 2 is 1.08 bits per heavy atom. The number of hydrogen-bond acceptors (Lipinski definition) is 2. The molecule has 3 saturated carbocycles. The molecule has 7 rings (SSSR count). The Kier molecular flexibility index (Phi) is 13.5. The van der Waals surface area contributed by atoms with Gasteiger partial charge in [0.25, 0.3) is 0 Å². The fourth-order valence-electron chi connectivity index (χ4n) is 8.52. The Balaban J connectivity index is 0.000000345. The van der Waals surface area contributed by atoms with E-state index in [1.165, 1.54) is 118 Å². The van der Waals surface area contributed by atoms with E-state index in [0.717, 1.165) is 22.5 Å². The van der Waals surface area contributed by atoms with Gasteiger partial charge in [-0.1, -0.05) is 89.3 Å². The number of benzene rings is 3. The van der Waals surface area contributed by atoms with E-state index >= 15 is 0 Å². The third-order valence-corrected chi connectivity index (χ3v) is 16.7. The zero-order valence-electron chi connectivity index (χ0n) is 28.8. The Morgan fingerprint density at radius 3 is 1.58 bits per heavy atom. The molecule has 0 amide bonds. The van der Waals surface area contributed by atoms with Crippen molar-refractivity contribution in [2.24, 2.45) is 0 Å². The molecule has 0 radical (unpaired) electrons. The molecule has 2 nitrogen and oxygen atoms in total. The van der Waals surface area contributed by atoms with Crippen LogP contribution in [0.3, 0.4) is 0 Å². The number of anilines is 2. The molecule has 0 bridgehead atoms. The molecule has 3 fully saturated rings. The van der Waals surface area contributed by atoms with E-state index in [1.54, 1.807) is 5.57 Å². The van der Waals surface area contributed by atoms with E-state index in [9.17, 15) is 0 Å². The van der Waals surface area contributed by atoms with Gasteiger partial charge in [-0.05, 0) is 98.9 Å². The van der Waals surface area contributed by atoms with Gasteiger partial charge in [0.05, 0.1) is 0 Å². The molecule has 1 heterocycles.